The van der Waals surface area contributed by atoms with Crippen LogP contribution in [0.3, 0.4) is 0 Å². The van der Waals surface area contributed by atoms with Crippen LogP contribution in [-0.4, -0.2) is 18.5 Å². The van der Waals surface area contributed by atoms with E-state index in [-0.39, 0.29) is 6.42 Å². The molecule has 0 saturated carbocycles. The molecule has 0 bridgehead atoms. The van der Waals surface area contributed by atoms with Gasteiger partial charge in [0.05, 0.1) is 12.2 Å². The maximum atomic E-state index is 13.9. The molecule has 1 aromatic carbocycles. The van der Waals surface area contributed by atoms with Crippen LogP contribution < -0.4 is 0 Å². The minimum atomic E-state index is -4.56. The number of ether oxygens (including phenoxy) is 1. The van der Waals surface area contributed by atoms with Gasteiger partial charge in [-0.2, -0.15) is 26.3 Å². The Morgan fingerprint density at radius 3 is 2.15 bits per heavy atom. The smallest absolute Gasteiger partial charge is 0.316 e. The molecule has 0 aromatic heterocycles. The maximum Gasteiger partial charge on any atom is 0.386 e. The first-order valence-corrected chi connectivity index (χ1v) is 7.57. The molecule has 26 heavy (non-hydrogen) atoms. The van der Waals surface area contributed by atoms with E-state index in [1.165, 1.54) is 6.92 Å². The molecule has 0 aliphatic heterocycles. The van der Waals surface area contributed by atoms with Crippen LogP contribution in [-0.2, 0) is 10.8 Å². The van der Waals surface area contributed by atoms with Crippen molar-refractivity contribution in [3.63, 3.8) is 0 Å². The molecule has 0 heterocycles. The standard InChI is InChI=1S/C17H14F8O/c1-2-10-6-7-11(16(22,23)15(10,20)21)8-9-26-17(24,25)12-4-3-5-13(18)14(12)19/h3-7H,2,8-9H2,1H3. The molecule has 0 unspecified atom stereocenters. The monoisotopic (exact) mass is 386 g/mol. The average molecular weight is 386 g/mol. The number of hydrogen-bond donors (Lipinski definition) is 0. The van der Waals surface area contributed by atoms with E-state index in [2.05, 4.69) is 4.74 Å². The lowest BCUT2D eigenvalue weighted by Crippen LogP contribution is -2.45. The van der Waals surface area contributed by atoms with Crippen LogP contribution in [0.4, 0.5) is 35.1 Å². The predicted octanol–water partition coefficient (Wildman–Crippen LogP) is 5.97. The second kappa shape index (κ2) is 7.02. The van der Waals surface area contributed by atoms with Crippen LogP contribution in [0, 0.1) is 11.6 Å². The fourth-order valence-electron chi connectivity index (χ4n) is 2.49. The molecule has 9 heteroatoms. The zero-order valence-corrected chi connectivity index (χ0v) is 13.4. The Balaban J connectivity index is 2.13. The Morgan fingerprint density at radius 1 is 0.962 bits per heavy atom. The first-order valence-electron chi connectivity index (χ1n) is 7.57. The molecule has 1 nitrogen and oxygen atoms in total. The van der Waals surface area contributed by atoms with Crippen LogP contribution in [0.1, 0.15) is 25.3 Å². The summed E-state index contributed by atoms with van der Waals surface area (Å²) in [5.41, 5.74) is -3.28. The van der Waals surface area contributed by atoms with Crippen LogP contribution in [0.25, 0.3) is 0 Å². The lowest BCUT2D eigenvalue weighted by atomic mass is 9.88. The van der Waals surface area contributed by atoms with Gasteiger partial charge in [-0.3, -0.25) is 0 Å². The molecular formula is C17H14F8O. The fourth-order valence-corrected chi connectivity index (χ4v) is 2.49. The highest BCUT2D eigenvalue weighted by Crippen LogP contribution is 2.49. The van der Waals surface area contributed by atoms with Crippen molar-refractivity contribution in [2.75, 3.05) is 6.61 Å². The minimum absolute atomic E-state index is 0.306. The third-order valence-electron chi connectivity index (χ3n) is 3.99. The number of benzene rings is 1. The van der Waals surface area contributed by atoms with Crippen molar-refractivity contribution in [2.45, 2.75) is 37.7 Å². The van der Waals surface area contributed by atoms with Crippen molar-refractivity contribution < 1.29 is 39.9 Å². The topological polar surface area (TPSA) is 9.23 Å². The first kappa shape index (κ1) is 20.4. The van der Waals surface area contributed by atoms with Gasteiger partial charge in [-0.15, -0.1) is 0 Å². The van der Waals surface area contributed by atoms with Gasteiger partial charge in [0, 0.05) is 11.1 Å². The molecular weight excluding hydrogens is 372 g/mol. The van der Waals surface area contributed by atoms with Crippen molar-refractivity contribution in [3.05, 3.63) is 58.7 Å². The molecule has 0 radical (unpaired) electrons. The van der Waals surface area contributed by atoms with Crippen molar-refractivity contribution in [1.82, 2.24) is 0 Å². The minimum Gasteiger partial charge on any atom is -0.316 e. The molecule has 0 amide bonds. The fraction of sp³-hybridized carbons (Fsp3) is 0.412. The summed E-state index contributed by atoms with van der Waals surface area (Å²) in [6.07, 6.45) is -4.01. The molecule has 0 N–H and O–H groups in total. The molecule has 1 aliphatic rings. The Morgan fingerprint density at radius 2 is 1.54 bits per heavy atom. The van der Waals surface area contributed by atoms with Gasteiger partial charge in [0.25, 0.3) is 0 Å². The zero-order valence-electron chi connectivity index (χ0n) is 13.4. The summed E-state index contributed by atoms with van der Waals surface area (Å²) in [6, 6.07) is 2.00. The Bertz CT molecular complexity index is 736. The third kappa shape index (κ3) is 3.49. The van der Waals surface area contributed by atoms with Crippen LogP contribution in [0.15, 0.2) is 41.5 Å². The van der Waals surface area contributed by atoms with E-state index in [9.17, 15) is 35.1 Å². The van der Waals surface area contributed by atoms with Gasteiger partial charge in [0.1, 0.15) is 0 Å². The lowest BCUT2D eigenvalue weighted by Gasteiger charge is -2.33. The second-order valence-electron chi connectivity index (χ2n) is 5.60. The number of alkyl halides is 6. The summed E-state index contributed by atoms with van der Waals surface area (Å²) in [7, 11) is 0. The average Bonchev–Trinajstić information content (AvgIpc) is 2.54. The first-order chi connectivity index (χ1) is 11.9. The van der Waals surface area contributed by atoms with Crippen LogP contribution in [0.5, 0.6) is 0 Å². The van der Waals surface area contributed by atoms with Crippen LogP contribution in [0.2, 0.25) is 0 Å². The second-order valence-corrected chi connectivity index (χ2v) is 5.60. The molecule has 0 saturated heterocycles. The Kier molecular flexibility index (Phi) is 5.51. The number of hydrogen-bond acceptors (Lipinski definition) is 1. The van der Waals surface area contributed by atoms with Crippen molar-refractivity contribution in [2.24, 2.45) is 0 Å². The summed E-state index contributed by atoms with van der Waals surface area (Å²) in [5.74, 6) is -12.4. The quantitative estimate of drug-likeness (QED) is 0.548. The summed E-state index contributed by atoms with van der Waals surface area (Å²) in [6.45, 7) is 0.182. The van der Waals surface area contributed by atoms with Gasteiger partial charge in [-0.05, 0) is 25.0 Å². The van der Waals surface area contributed by atoms with Crippen LogP contribution >= 0.6 is 0 Å². The normalized spacial score (nSPS) is 19.1. The van der Waals surface area contributed by atoms with Crippen molar-refractivity contribution >= 4 is 0 Å². The highest BCUT2D eigenvalue weighted by molar-refractivity contribution is 5.37. The molecule has 1 aliphatic carbocycles. The Hall–Kier alpha value is -1.90. The summed E-state index contributed by atoms with van der Waals surface area (Å²) < 4.78 is 114. The van der Waals surface area contributed by atoms with E-state index in [4.69, 9.17) is 0 Å². The molecule has 0 fully saturated rings. The number of rotatable bonds is 6. The largest absolute Gasteiger partial charge is 0.386 e. The van der Waals surface area contributed by atoms with Gasteiger partial charge < -0.3 is 4.74 Å². The maximum absolute atomic E-state index is 13.9. The number of halogens is 8. The summed E-state index contributed by atoms with van der Waals surface area (Å²) >= 11 is 0. The van der Waals surface area contributed by atoms with Gasteiger partial charge in [-0.1, -0.05) is 25.1 Å². The van der Waals surface area contributed by atoms with E-state index in [0.717, 1.165) is 18.2 Å². The molecule has 144 valence electrons. The van der Waals surface area contributed by atoms with Gasteiger partial charge in [-0.25, -0.2) is 8.78 Å². The summed E-state index contributed by atoms with van der Waals surface area (Å²) in [5, 5.41) is 0. The van der Waals surface area contributed by atoms with Crippen molar-refractivity contribution in [3.8, 4) is 0 Å². The highest BCUT2D eigenvalue weighted by Gasteiger charge is 2.61. The van der Waals surface area contributed by atoms with E-state index >= 15 is 0 Å². The molecule has 1 aromatic rings. The molecule has 0 spiro atoms. The highest BCUT2D eigenvalue weighted by atomic mass is 19.3. The summed E-state index contributed by atoms with van der Waals surface area (Å²) in [4.78, 5) is 0. The number of allylic oxidation sites excluding steroid dienone is 3. The van der Waals surface area contributed by atoms with Gasteiger partial charge in [0.15, 0.2) is 11.6 Å². The van der Waals surface area contributed by atoms with E-state index < -0.39 is 59.3 Å². The Labute approximate surface area is 143 Å². The van der Waals surface area contributed by atoms with Gasteiger partial charge >= 0.3 is 18.0 Å². The van der Waals surface area contributed by atoms with E-state index in [0.29, 0.717) is 12.1 Å². The predicted molar refractivity (Wildman–Crippen MR) is 77.2 cm³/mol. The third-order valence-corrected chi connectivity index (χ3v) is 3.99. The van der Waals surface area contributed by atoms with Gasteiger partial charge in [0.2, 0.25) is 0 Å². The molecule has 2 rings (SSSR count). The lowest BCUT2D eigenvalue weighted by molar-refractivity contribution is -0.251. The zero-order chi connectivity index (χ0) is 19.8. The van der Waals surface area contributed by atoms with E-state index in [1.807, 2.05) is 0 Å². The molecule has 0 atom stereocenters. The van der Waals surface area contributed by atoms with E-state index in [1.54, 1.807) is 0 Å². The SMILES string of the molecule is CCC1=CC=C(CCOC(F)(F)c2cccc(F)c2F)C(F)(F)C1(F)F. The van der Waals surface area contributed by atoms with Crippen molar-refractivity contribution in [1.29, 1.82) is 0 Å².